The van der Waals surface area contributed by atoms with Gasteiger partial charge in [0.2, 0.25) is 0 Å². The Morgan fingerprint density at radius 1 is 1.44 bits per heavy atom. The molecule has 0 aliphatic rings. The highest BCUT2D eigenvalue weighted by molar-refractivity contribution is 6.04. The van der Waals surface area contributed by atoms with E-state index in [0.717, 1.165) is 5.56 Å². The van der Waals surface area contributed by atoms with Gasteiger partial charge in [-0.2, -0.15) is 5.10 Å². The molecule has 0 atom stereocenters. The summed E-state index contributed by atoms with van der Waals surface area (Å²) in [5.41, 5.74) is 7.09. The molecule has 4 N–H and O–H groups in total. The smallest absolute Gasteiger partial charge is 0.276 e. The minimum atomic E-state index is -0.414. The molecule has 1 aromatic carbocycles. The average Bonchev–Trinajstić information content (AvgIpc) is 2.64. The van der Waals surface area contributed by atoms with E-state index in [1.54, 1.807) is 19.2 Å². The predicted octanol–water partition coefficient (Wildman–Crippen LogP) is 1.27. The number of hydrogen-bond acceptors (Lipinski definition) is 4. The Morgan fingerprint density at radius 3 is 2.78 bits per heavy atom. The highest BCUT2D eigenvalue weighted by Gasteiger charge is 2.13. The molecule has 0 saturated carbocycles. The maximum Gasteiger partial charge on any atom is 0.276 e. The number of anilines is 2. The van der Waals surface area contributed by atoms with Crippen LogP contribution in [0.3, 0.4) is 0 Å². The largest absolute Gasteiger partial charge is 0.506 e. The van der Waals surface area contributed by atoms with Crippen LogP contribution in [0.2, 0.25) is 0 Å². The molecule has 0 aliphatic heterocycles. The number of carbonyl (C=O) groups is 1. The van der Waals surface area contributed by atoms with Crippen molar-refractivity contribution in [2.45, 2.75) is 6.92 Å². The number of amides is 1. The molecule has 0 bridgehead atoms. The number of nitrogens with zero attached hydrogens (tertiary/aromatic N) is 2. The van der Waals surface area contributed by atoms with Crippen LogP contribution in [0.15, 0.2) is 24.3 Å². The number of aromatic nitrogens is 2. The lowest BCUT2D eigenvalue weighted by Gasteiger charge is -2.06. The van der Waals surface area contributed by atoms with E-state index in [2.05, 4.69) is 10.4 Å². The fourth-order valence-electron chi connectivity index (χ4n) is 1.53. The fourth-order valence-corrected chi connectivity index (χ4v) is 1.53. The van der Waals surface area contributed by atoms with Crippen LogP contribution in [-0.4, -0.2) is 20.8 Å². The predicted molar refractivity (Wildman–Crippen MR) is 68.4 cm³/mol. The highest BCUT2D eigenvalue weighted by Crippen LogP contribution is 2.24. The molecule has 0 fully saturated rings. The molecular formula is C12H14N4O2. The van der Waals surface area contributed by atoms with Crippen molar-refractivity contribution >= 4 is 17.4 Å². The normalized spacial score (nSPS) is 10.3. The topological polar surface area (TPSA) is 93.2 Å². The minimum absolute atomic E-state index is 0.0119. The summed E-state index contributed by atoms with van der Waals surface area (Å²) >= 11 is 0. The lowest BCUT2D eigenvalue weighted by atomic mass is 10.2. The Hall–Kier alpha value is -2.50. The van der Waals surface area contributed by atoms with Crippen molar-refractivity contribution < 1.29 is 9.90 Å². The van der Waals surface area contributed by atoms with Gasteiger partial charge in [-0.05, 0) is 24.6 Å². The maximum atomic E-state index is 11.9. The first kappa shape index (κ1) is 12.0. The number of hydrogen-bond donors (Lipinski definition) is 3. The number of nitrogens with one attached hydrogen (secondary N) is 1. The Balaban J connectivity index is 2.23. The summed E-state index contributed by atoms with van der Waals surface area (Å²) in [5.74, 6) is -0.00494. The van der Waals surface area contributed by atoms with Gasteiger partial charge in [0.05, 0.1) is 5.69 Å². The molecule has 94 valence electrons. The second-order valence-electron chi connectivity index (χ2n) is 4.05. The van der Waals surface area contributed by atoms with Crippen molar-refractivity contribution in [1.29, 1.82) is 0 Å². The Labute approximate surface area is 104 Å². The summed E-state index contributed by atoms with van der Waals surface area (Å²) < 4.78 is 1.41. The van der Waals surface area contributed by atoms with E-state index in [1.807, 2.05) is 6.92 Å². The second-order valence-corrected chi connectivity index (χ2v) is 4.05. The van der Waals surface area contributed by atoms with Gasteiger partial charge in [-0.1, -0.05) is 6.07 Å². The maximum absolute atomic E-state index is 11.9. The third kappa shape index (κ3) is 2.27. The third-order valence-corrected chi connectivity index (χ3v) is 2.55. The van der Waals surface area contributed by atoms with Gasteiger partial charge in [0.25, 0.3) is 5.91 Å². The molecule has 0 aliphatic carbocycles. The first-order chi connectivity index (χ1) is 8.47. The summed E-state index contributed by atoms with van der Waals surface area (Å²) in [6.07, 6.45) is 0. The number of nitrogen functional groups attached to an aromatic ring is 1. The number of aryl methyl sites for hydroxylation is 2. The number of nitrogens with two attached hydrogens (primary N) is 1. The highest BCUT2D eigenvalue weighted by atomic mass is 16.3. The van der Waals surface area contributed by atoms with Crippen molar-refractivity contribution in [2.75, 3.05) is 11.1 Å². The van der Waals surface area contributed by atoms with Crippen LogP contribution in [0, 0.1) is 6.92 Å². The van der Waals surface area contributed by atoms with Crippen LogP contribution in [-0.2, 0) is 7.05 Å². The van der Waals surface area contributed by atoms with Gasteiger partial charge in [-0.25, -0.2) is 0 Å². The minimum Gasteiger partial charge on any atom is -0.506 e. The molecule has 6 nitrogen and oxygen atoms in total. The molecule has 2 aromatic rings. The molecule has 0 radical (unpaired) electrons. The Bertz CT molecular complexity index is 585. The van der Waals surface area contributed by atoms with E-state index in [4.69, 9.17) is 5.73 Å². The zero-order chi connectivity index (χ0) is 13.3. The van der Waals surface area contributed by atoms with Crippen LogP contribution in [0.4, 0.5) is 11.5 Å². The molecular weight excluding hydrogens is 232 g/mol. The Kier molecular flexibility index (Phi) is 2.93. The number of phenolic OH excluding ortho intramolecular Hbond substituents is 1. The lowest BCUT2D eigenvalue weighted by Crippen LogP contribution is -2.13. The molecule has 1 aromatic heterocycles. The van der Waals surface area contributed by atoms with Crippen molar-refractivity contribution in [3.05, 3.63) is 35.5 Å². The van der Waals surface area contributed by atoms with Crippen molar-refractivity contribution in [3.63, 3.8) is 0 Å². The number of rotatable bonds is 2. The van der Waals surface area contributed by atoms with E-state index in [1.165, 1.54) is 16.8 Å². The van der Waals surface area contributed by atoms with Gasteiger partial charge in [0.15, 0.2) is 5.69 Å². The first-order valence-corrected chi connectivity index (χ1v) is 5.38. The summed E-state index contributed by atoms with van der Waals surface area (Å²) in [6, 6.07) is 6.43. The molecule has 0 unspecified atom stereocenters. The summed E-state index contributed by atoms with van der Waals surface area (Å²) in [5, 5.41) is 16.2. The SMILES string of the molecule is Cc1ccc(O)c(NC(=O)c2cc(N)n(C)n2)c1. The zero-order valence-corrected chi connectivity index (χ0v) is 10.1. The average molecular weight is 246 g/mol. The van der Waals surface area contributed by atoms with Gasteiger partial charge < -0.3 is 16.2 Å². The van der Waals surface area contributed by atoms with Crippen LogP contribution in [0.5, 0.6) is 5.75 Å². The molecule has 2 rings (SSSR count). The first-order valence-electron chi connectivity index (χ1n) is 5.38. The summed E-state index contributed by atoms with van der Waals surface area (Å²) in [6.45, 7) is 1.87. The summed E-state index contributed by atoms with van der Waals surface area (Å²) in [4.78, 5) is 11.9. The molecule has 1 heterocycles. The van der Waals surface area contributed by atoms with Crippen LogP contribution in [0.25, 0.3) is 0 Å². The standard InChI is InChI=1S/C12H14N4O2/c1-7-3-4-10(17)8(5-7)14-12(18)9-6-11(13)16(2)15-9/h3-6,17H,13H2,1-2H3,(H,14,18). The lowest BCUT2D eigenvalue weighted by molar-refractivity contribution is 0.102. The van der Waals surface area contributed by atoms with Crippen molar-refractivity contribution in [2.24, 2.45) is 7.05 Å². The van der Waals surface area contributed by atoms with Gasteiger partial charge in [0.1, 0.15) is 11.6 Å². The van der Waals surface area contributed by atoms with E-state index >= 15 is 0 Å². The van der Waals surface area contributed by atoms with E-state index < -0.39 is 5.91 Å². The van der Waals surface area contributed by atoms with Crippen LogP contribution < -0.4 is 11.1 Å². The number of benzene rings is 1. The quantitative estimate of drug-likeness (QED) is 0.695. The van der Waals surface area contributed by atoms with Crippen LogP contribution in [0.1, 0.15) is 16.1 Å². The second kappa shape index (κ2) is 4.40. The molecule has 0 saturated heterocycles. The summed E-state index contributed by atoms with van der Waals surface area (Å²) in [7, 11) is 1.65. The third-order valence-electron chi connectivity index (χ3n) is 2.55. The molecule has 1 amide bonds. The van der Waals surface area contributed by atoms with Crippen LogP contribution >= 0.6 is 0 Å². The van der Waals surface area contributed by atoms with Crippen molar-refractivity contribution in [3.8, 4) is 5.75 Å². The number of phenols is 1. The fraction of sp³-hybridized carbons (Fsp3) is 0.167. The number of aromatic hydroxyl groups is 1. The Morgan fingerprint density at radius 2 is 2.17 bits per heavy atom. The van der Waals surface area contributed by atoms with Gasteiger partial charge in [-0.3, -0.25) is 9.48 Å². The molecule has 6 heteroatoms. The van der Waals surface area contributed by atoms with Gasteiger partial charge in [-0.15, -0.1) is 0 Å². The van der Waals surface area contributed by atoms with E-state index in [0.29, 0.717) is 11.5 Å². The number of carbonyl (C=O) groups excluding carboxylic acids is 1. The zero-order valence-electron chi connectivity index (χ0n) is 10.1. The van der Waals surface area contributed by atoms with Gasteiger partial charge >= 0.3 is 0 Å². The van der Waals surface area contributed by atoms with Crippen molar-refractivity contribution in [1.82, 2.24) is 9.78 Å². The monoisotopic (exact) mass is 246 g/mol. The van der Waals surface area contributed by atoms with Gasteiger partial charge in [0, 0.05) is 13.1 Å². The van der Waals surface area contributed by atoms with E-state index in [-0.39, 0.29) is 11.4 Å². The molecule has 0 spiro atoms. The van der Waals surface area contributed by atoms with E-state index in [9.17, 15) is 9.90 Å². The molecule has 18 heavy (non-hydrogen) atoms.